The van der Waals surface area contributed by atoms with Crippen molar-refractivity contribution in [3.8, 4) is 0 Å². The first-order chi connectivity index (χ1) is 9.89. The van der Waals surface area contributed by atoms with Gasteiger partial charge < -0.3 is 9.47 Å². The van der Waals surface area contributed by atoms with Crippen LogP contribution < -0.4 is 0 Å². The lowest BCUT2D eigenvalue weighted by Crippen LogP contribution is -2.65. The Balaban J connectivity index is 1.44. The zero-order valence-corrected chi connectivity index (χ0v) is 11.6. The Hall–Kier alpha value is -0.0800. The molecule has 0 radical (unpaired) electrons. The molecule has 0 aromatic carbocycles. The van der Waals surface area contributed by atoms with Crippen LogP contribution in [0.4, 0.5) is 0 Å². The van der Waals surface area contributed by atoms with Crippen LogP contribution >= 0.6 is 0 Å². The standard InChI is InChI=1S/C18H20O2/c1-3-7-11-9-5(1)13-15(7)19-18(11,13)10-6-2-4-8-12(10)17(9)14(6)16(8)20-17/h5-16H,1-4H2/t5-,6+,7+,8-,9-,10+,11+,12-,13+,14-,15-,16+,17-,18+. The van der Waals surface area contributed by atoms with E-state index in [-0.39, 0.29) is 0 Å². The second-order valence-electron chi connectivity index (χ2n) is 9.84. The Morgan fingerprint density at radius 3 is 1.40 bits per heavy atom. The van der Waals surface area contributed by atoms with Crippen LogP contribution in [0.2, 0.25) is 0 Å². The maximum absolute atomic E-state index is 6.77. The normalized spacial score (nSPS) is 91.2. The van der Waals surface area contributed by atoms with Gasteiger partial charge in [-0.25, -0.2) is 0 Å². The lowest BCUT2D eigenvalue weighted by atomic mass is 9.54. The average molecular weight is 268 g/mol. The van der Waals surface area contributed by atoms with E-state index in [1.54, 1.807) is 0 Å². The molecule has 2 heterocycles. The van der Waals surface area contributed by atoms with Crippen molar-refractivity contribution in [3.05, 3.63) is 0 Å². The van der Waals surface area contributed by atoms with Gasteiger partial charge in [-0.1, -0.05) is 0 Å². The van der Waals surface area contributed by atoms with Crippen molar-refractivity contribution < 1.29 is 9.47 Å². The summed E-state index contributed by atoms with van der Waals surface area (Å²) in [6.45, 7) is 0. The Morgan fingerprint density at radius 2 is 0.900 bits per heavy atom. The molecule has 9 saturated carbocycles. The molecule has 14 atom stereocenters. The SMILES string of the molecule is C1C[C@@H]2[C@H]3O[C@]45[C@H]3[C@H]1[C@H]([C@H]24)[C@]12O[C@H]3[C@@H]4CC[C@H]([C@H]31)[C@H]5[C@@H]42. The summed E-state index contributed by atoms with van der Waals surface area (Å²) in [7, 11) is 0. The van der Waals surface area contributed by atoms with Crippen molar-refractivity contribution >= 4 is 0 Å². The smallest absolute Gasteiger partial charge is 0.0812 e. The van der Waals surface area contributed by atoms with Crippen molar-refractivity contribution in [1.29, 1.82) is 0 Å². The Kier molecular flexibility index (Phi) is 0.956. The van der Waals surface area contributed by atoms with Crippen LogP contribution in [0.1, 0.15) is 25.7 Å². The summed E-state index contributed by atoms with van der Waals surface area (Å²) in [6, 6.07) is 0. The van der Waals surface area contributed by atoms with E-state index >= 15 is 0 Å². The third-order valence-electron chi connectivity index (χ3n) is 10.6. The summed E-state index contributed by atoms with van der Waals surface area (Å²) in [5.74, 6) is 9.70. The van der Waals surface area contributed by atoms with E-state index in [0.717, 1.165) is 59.2 Å². The fourth-order valence-electron chi connectivity index (χ4n) is 11.2. The molecule has 2 spiro atoms. The Labute approximate surface area is 118 Å². The van der Waals surface area contributed by atoms with E-state index in [1.807, 2.05) is 0 Å². The second kappa shape index (κ2) is 2.09. The number of hydrogen-bond acceptors (Lipinski definition) is 2. The van der Waals surface area contributed by atoms with Gasteiger partial charge in [-0.2, -0.15) is 0 Å². The summed E-state index contributed by atoms with van der Waals surface area (Å²) in [5, 5.41) is 0. The number of fused-ring (bicyclic) bond motifs is 2. The molecule has 0 amide bonds. The zero-order chi connectivity index (χ0) is 12.2. The van der Waals surface area contributed by atoms with Gasteiger partial charge in [0.15, 0.2) is 0 Å². The molecule has 14 bridgehead atoms. The number of ether oxygens (including phenoxy) is 2. The highest BCUT2D eigenvalue weighted by molar-refractivity contribution is 5.45. The third kappa shape index (κ3) is 0.475. The van der Waals surface area contributed by atoms with Crippen molar-refractivity contribution in [1.82, 2.24) is 0 Å². The maximum atomic E-state index is 6.77. The maximum Gasteiger partial charge on any atom is 0.0812 e. The van der Waals surface area contributed by atoms with E-state index < -0.39 is 0 Å². The van der Waals surface area contributed by atoms with Gasteiger partial charge in [0.2, 0.25) is 0 Å². The van der Waals surface area contributed by atoms with E-state index in [9.17, 15) is 0 Å². The predicted molar refractivity (Wildman–Crippen MR) is 68.6 cm³/mol. The molecule has 0 unspecified atom stereocenters. The molecule has 2 aliphatic heterocycles. The first kappa shape index (κ1) is 9.15. The average Bonchev–Trinajstić information content (AvgIpc) is 3.11. The van der Waals surface area contributed by atoms with Gasteiger partial charge in [0.05, 0.1) is 23.4 Å². The fourth-order valence-corrected chi connectivity index (χ4v) is 11.2. The molecule has 104 valence electrons. The highest BCUT2D eigenvalue weighted by atomic mass is 16.6. The molecular weight excluding hydrogens is 248 g/mol. The minimum atomic E-state index is 0.409. The molecule has 0 aromatic heterocycles. The van der Waals surface area contributed by atoms with Gasteiger partial charge in [-0.15, -0.1) is 0 Å². The third-order valence-corrected chi connectivity index (χ3v) is 10.6. The van der Waals surface area contributed by atoms with Gasteiger partial charge in [-0.05, 0) is 73.0 Å². The predicted octanol–water partition coefficient (Wildman–Crippen LogP) is 2.08. The zero-order valence-electron chi connectivity index (χ0n) is 11.6. The molecule has 2 nitrogen and oxygen atoms in total. The van der Waals surface area contributed by atoms with E-state index in [4.69, 9.17) is 9.47 Å². The van der Waals surface area contributed by atoms with Gasteiger partial charge in [0.1, 0.15) is 0 Å². The highest BCUT2D eigenvalue weighted by Crippen LogP contribution is 2.93. The fraction of sp³-hybridized carbons (Fsp3) is 1.00. The molecule has 11 aliphatic rings. The lowest BCUT2D eigenvalue weighted by Gasteiger charge is -2.60. The molecule has 9 aliphatic carbocycles. The van der Waals surface area contributed by atoms with E-state index in [2.05, 4.69) is 0 Å². The van der Waals surface area contributed by atoms with Gasteiger partial charge in [0, 0.05) is 11.8 Å². The van der Waals surface area contributed by atoms with Crippen molar-refractivity contribution in [3.63, 3.8) is 0 Å². The minimum Gasteiger partial charge on any atom is -0.370 e. The van der Waals surface area contributed by atoms with Crippen LogP contribution in [0.25, 0.3) is 0 Å². The van der Waals surface area contributed by atoms with E-state index in [0.29, 0.717) is 23.4 Å². The van der Waals surface area contributed by atoms with Gasteiger partial charge >= 0.3 is 0 Å². The Bertz CT molecular complexity index is 577. The van der Waals surface area contributed by atoms with Crippen LogP contribution in [0.15, 0.2) is 0 Å². The lowest BCUT2D eigenvalue weighted by molar-refractivity contribution is -0.290. The summed E-state index contributed by atoms with van der Waals surface area (Å²) in [6.07, 6.45) is 7.44. The van der Waals surface area contributed by atoms with Crippen LogP contribution in [0.3, 0.4) is 0 Å². The van der Waals surface area contributed by atoms with Crippen LogP contribution in [-0.2, 0) is 9.47 Å². The topological polar surface area (TPSA) is 18.5 Å². The van der Waals surface area contributed by atoms with Crippen LogP contribution in [0.5, 0.6) is 0 Å². The van der Waals surface area contributed by atoms with Crippen molar-refractivity contribution in [2.45, 2.75) is 49.1 Å². The summed E-state index contributed by atoms with van der Waals surface area (Å²) in [4.78, 5) is 0. The number of hydrogen-bond donors (Lipinski definition) is 0. The minimum absolute atomic E-state index is 0.409. The molecule has 11 fully saturated rings. The van der Waals surface area contributed by atoms with E-state index in [1.165, 1.54) is 25.7 Å². The molecule has 0 aromatic rings. The number of rotatable bonds is 0. The van der Waals surface area contributed by atoms with Crippen LogP contribution in [-0.4, -0.2) is 23.4 Å². The van der Waals surface area contributed by atoms with Crippen LogP contribution in [0, 0.1) is 59.2 Å². The van der Waals surface area contributed by atoms with Gasteiger partial charge in [0.25, 0.3) is 0 Å². The monoisotopic (exact) mass is 268 g/mol. The first-order valence-corrected chi connectivity index (χ1v) is 9.24. The summed E-state index contributed by atoms with van der Waals surface area (Å²) < 4.78 is 13.5. The molecular formula is C18H20O2. The summed E-state index contributed by atoms with van der Waals surface area (Å²) >= 11 is 0. The molecule has 2 saturated heterocycles. The van der Waals surface area contributed by atoms with Crippen molar-refractivity contribution in [2.24, 2.45) is 59.2 Å². The molecule has 11 rings (SSSR count). The molecule has 2 heteroatoms. The second-order valence-corrected chi connectivity index (χ2v) is 9.84. The Morgan fingerprint density at radius 1 is 0.500 bits per heavy atom. The first-order valence-electron chi connectivity index (χ1n) is 9.24. The highest BCUT2D eigenvalue weighted by Gasteiger charge is 2.98. The van der Waals surface area contributed by atoms with Crippen molar-refractivity contribution in [2.75, 3.05) is 0 Å². The molecule has 0 N–H and O–H groups in total. The summed E-state index contributed by atoms with van der Waals surface area (Å²) in [5.41, 5.74) is 0.818. The molecule has 20 heavy (non-hydrogen) atoms. The quantitative estimate of drug-likeness (QED) is 0.669. The van der Waals surface area contributed by atoms with Gasteiger partial charge in [-0.3, -0.25) is 0 Å². The largest absolute Gasteiger partial charge is 0.370 e.